The smallest absolute Gasteiger partial charge is 0.242 e. The van der Waals surface area contributed by atoms with E-state index in [-0.39, 0.29) is 21.9 Å². The van der Waals surface area contributed by atoms with E-state index < -0.39 is 10.0 Å². The Bertz CT molecular complexity index is 589. The van der Waals surface area contributed by atoms with Crippen LogP contribution in [0.5, 0.6) is 0 Å². The molecule has 0 aliphatic heterocycles. The third kappa shape index (κ3) is 5.11. The van der Waals surface area contributed by atoms with Gasteiger partial charge in [-0.25, -0.2) is 13.1 Å². The minimum atomic E-state index is -3.67. The van der Waals surface area contributed by atoms with Crippen molar-refractivity contribution in [1.29, 1.82) is 0 Å². The lowest BCUT2D eigenvalue weighted by molar-refractivity contribution is 0.476. The van der Waals surface area contributed by atoms with E-state index in [0.717, 1.165) is 6.54 Å². The van der Waals surface area contributed by atoms with Gasteiger partial charge in [-0.2, -0.15) is 0 Å². The second-order valence-corrected chi connectivity index (χ2v) is 7.81. The fourth-order valence-corrected chi connectivity index (χ4v) is 3.87. The number of nitrogens with one attached hydrogen (secondary N) is 2. The normalized spacial score (nSPS) is 13.7. The molecule has 2 N–H and O–H groups in total. The molecule has 0 amide bonds. The molecule has 0 aliphatic carbocycles. The van der Waals surface area contributed by atoms with E-state index >= 15 is 0 Å². The maximum atomic E-state index is 12.4. The summed E-state index contributed by atoms with van der Waals surface area (Å²) in [6.45, 7) is 8.96. The van der Waals surface area contributed by atoms with Gasteiger partial charge in [0.15, 0.2) is 0 Å². The molecule has 1 aromatic carbocycles. The highest BCUT2D eigenvalue weighted by Gasteiger charge is 2.23. The van der Waals surface area contributed by atoms with Gasteiger partial charge in [0.2, 0.25) is 10.0 Å². The number of sulfonamides is 1. The molecule has 0 aliphatic rings. The summed E-state index contributed by atoms with van der Waals surface area (Å²) in [7, 11) is -3.67. The Labute approximate surface area is 137 Å². The molecule has 1 aromatic rings. The summed E-state index contributed by atoms with van der Waals surface area (Å²) in [6, 6.07) is 2.83. The fraction of sp³-hybridized carbons (Fsp3) is 0.571. The maximum Gasteiger partial charge on any atom is 0.242 e. The number of halogens is 2. The molecule has 0 saturated heterocycles. The molecule has 1 atom stereocenters. The molecule has 1 unspecified atom stereocenters. The predicted octanol–water partition coefficient (Wildman–Crippen LogP) is 3.43. The van der Waals surface area contributed by atoms with Gasteiger partial charge in [-0.15, -0.1) is 0 Å². The SMILES string of the molecule is CCNCc1cc(S(=O)(=O)NC(C)C(C)C)c(Cl)cc1Cl. The Kier molecular flexibility index (Phi) is 6.94. The summed E-state index contributed by atoms with van der Waals surface area (Å²) >= 11 is 12.2. The van der Waals surface area contributed by atoms with Crippen molar-refractivity contribution in [3.8, 4) is 0 Å². The van der Waals surface area contributed by atoms with Gasteiger partial charge >= 0.3 is 0 Å². The highest BCUT2D eigenvalue weighted by molar-refractivity contribution is 7.89. The van der Waals surface area contributed by atoms with Crippen molar-refractivity contribution >= 4 is 33.2 Å². The van der Waals surface area contributed by atoms with Gasteiger partial charge in [0.25, 0.3) is 0 Å². The van der Waals surface area contributed by atoms with Crippen LogP contribution in [0.2, 0.25) is 10.0 Å². The summed E-state index contributed by atoms with van der Waals surface area (Å²) in [6.07, 6.45) is 0. The van der Waals surface area contributed by atoms with Crippen LogP contribution in [0.4, 0.5) is 0 Å². The summed E-state index contributed by atoms with van der Waals surface area (Å²) < 4.78 is 27.5. The summed E-state index contributed by atoms with van der Waals surface area (Å²) in [5.74, 6) is 0.187. The maximum absolute atomic E-state index is 12.4. The van der Waals surface area contributed by atoms with E-state index in [1.807, 2.05) is 27.7 Å². The van der Waals surface area contributed by atoms with Gasteiger partial charge in [0, 0.05) is 17.6 Å². The summed E-state index contributed by atoms with van der Waals surface area (Å²) in [5.41, 5.74) is 0.709. The van der Waals surface area contributed by atoms with Crippen molar-refractivity contribution in [3.05, 3.63) is 27.7 Å². The zero-order valence-corrected chi connectivity index (χ0v) is 15.0. The van der Waals surface area contributed by atoms with E-state index in [9.17, 15) is 8.42 Å². The minimum Gasteiger partial charge on any atom is -0.313 e. The fourth-order valence-electron chi connectivity index (χ4n) is 1.62. The monoisotopic (exact) mass is 352 g/mol. The van der Waals surface area contributed by atoms with Crippen molar-refractivity contribution in [1.82, 2.24) is 10.0 Å². The third-order valence-electron chi connectivity index (χ3n) is 3.30. The Hall–Kier alpha value is -0.330. The van der Waals surface area contributed by atoms with E-state index in [4.69, 9.17) is 23.2 Å². The van der Waals surface area contributed by atoms with Crippen LogP contribution >= 0.6 is 23.2 Å². The first kappa shape index (κ1) is 18.7. The van der Waals surface area contributed by atoms with Gasteiger partial charge in [-0.3, -0.25) is 0 Å². The topological polar surface area (TPSA) is 58.2 Å². The Morgan fingerprint density at radius 2 is 1.76 bits per heavy atom. The van der Waals surface area contributed by atoms with Crippen molar-refractivity contribution in [2.24, 2.45) is 5.92 Å². The first-order valence-electron chi connectivity index (χ1n) is 6.90. The molecule has 21 heavy (non-hydrogen) atoms. The molecule has 0 aromatic heterocycles. The second kappa shape index (κ2) is 7.79. The molecular weight excluding hydrogens is 331 g/mol. The highest BCUT2D eigenvalue weighted by atomic mass is 35.5. The van der Waals surface area contributed by atoms with Crippen molar-refractivity contribution in [2.75, 3.05) is 6.54 Å². The van der Waals surface area contributed by atoms with E-state index in [0.29, 0.717) is 17.1 Å². The molecule has 0 fully saturated rings. The van der Waals surface area contributed by atoms with Crippen LogP contribution in [0.15, 0.2) is 17.0 Å². The van der Waals surface area contributed by atoms with Gasteiger partial charge < -0.3 is 5.32 Å². The van der Waals surface area contributed by atoms with Gasteiger partial charge in [0.1, 0.15) is 4.90 Å². The van der Waals surface area contributed by atoms with Crippen molar-refractivity contribution in [2.45, 2.75) is 45.2 Å². The molecule has 0 spiro atoms. The first-order valence-corrected chi connectivity index (χ1v) is 9.14. The van der Waals surface area contributed by atoms with E-state index in [2.05, 4.69) is 10.0 Å². The van der Waals surface area contributed by atoms with Gasteiger partial charge in [-0.1, -0.05) is 44.0 Å². The Balaban J connectivity index is 3.16. The van der Waals surface area contributed by atoms with Gasteiger partial charge in [0.05, 0.1) is 5.02 Å². The van der Waals surface area contributed by atoms with E-state index in [1.165, 1.54) is 12.1 Å². The van der Waals surface area contributed by atoms with Crippen LogP contribution in [0.1, 0.15) is 33.3 Å². The number of hydrogen-bond acceptors (Lipinski definition) is 3. The minimum absolute atomic E-state index is 0.0639. The molecule has 0 radical (unpaired) electrons. The Morgan fingerprint density at radius 1 is 1.14 bits per heavy atom. The average molecular weight is 353 g/mol. The first-order chi connectivity index (χ1) is 9.69. The molecule has 120 valence electrons. The molecule has 1 rings (SSSR count). The zero-order chi connectivity index (χ0) is 16.2. The lowest BCUT2D eigenvalue weighted by atomic mass is 10.1. The lowest BCUT2D eigenvalue weighted by Crippen LogP contribution is -2.36. The highest BCUT2D eigenvalue weighted by Crippen LogP contribution is 2.29. The van der Waals surface area contributed by atoms with Crippen LogP contribution in [0, 0.1) is 5.92 Å². The molecule has 0 heterocycles. The number of hydrogen-bond donors (Lipinski definition) is 2. The standard InChI is InChI=1S/C14H22Cl2N2O2S/c1-5-17-8-11-6-14(13(16)7-12(11)15)21(19,20)18-10(4)9(2)3/h6-7,9-10,17-18H,5,8H2,1-4H3. The number of benzene rings is 1. The van der Waals surface area contributed by atoms with Crippen molar-refractivity contribution < 1.29 is 8.42 Å². The van der Waals surface area contributed by atoms with Crippen molar-refractivity contribution in [3.63, 3.8) is 0 Å². The lowest BCUT2D eigenvalue weighted by Gasteiger charge is -2.19. The number of rotatable bonds is 7. The second-order valence-electron chi connectivity index (χ2n) is 5.31. The quantitative estimate of drug-likeness (QED) is 0.790. The molecule has 0 bridgehead atoms. The van der Waals surface area contributed by atoms with Crippen LogP contribution in [0.25, 0.3) is 0 Å². The van der Waals surface area contributed by atoms with Crippen LogP contribution in [-0.2, 0) is 16.6 Å². The molecular formula is C14H22Cl2N2O2S. The zero-order valence-electron chi connectivity index (χ0n) is 12.7. The van der Waals surface area contributed by atoms with Crippen LogP contribution in [-0.4, -0.2) is 21.0 Å². The van der Waals surface area contributed by atoms with Gasteiger partial charge in [-0.05, 0) is 37.1 Å². The Morgan fingerprint density at radius 3 is 2.29 bits per heavy atom. The van der Waals surface area contributed by atoms with Crippen LogP contribution in [0.3, 0.4) is 0 Å². The molecule has 4 nitrogen and oxygen atoms in total. The van der Waals surface area contributed by atoms with Crippen LogP contribution < -0.4 is 10.0 Å². The van der Waals surface area contributed by atoms with E-state index in [1.54, 1.807) is 0 Å². The third-order valence-corrected chi connectivity index (χ3v) is 5.67. The summed E-state index contributed by atoms with van der Waals surface area (Å²) in [4.78, 5) is 0.0639. The molecule has 0 saturated carbocycles. The summed E-state index contributed by atoms with van der Waals surface area (Å²) in [5, 5.41) is 3.70. The predicted molar refractivity (Wildman–Crippen MR) is 88.5 cm³/mol. The molecule has 7 heteroatoms. The largest absolute Gasteiger partial charge is 0.313 e. The average Bonchev–Trinajstić information content (AvgIpc) is 2.36.